The van der Waals surface area contributed by atoms with E-state index in [1.54, 1.807) is 18.2 Å². The van der Waals surface area contributed by atoms with Crippen LogP contribution >= 0.6 is 23.2 Å². The summed E-state index contributed by atoms with van der Waals surface area (Å²) in [5.41, 5.74) is 2.32. The molecule has 1 saturated heterocycles. The van der Waals surface area contributed by atoms with E-state index < -0.39 is 0 Å². The summed E-state index contributed by atoms with van der Waals surface area (Å²) in [7, 11) is 2.14. The summed E-state index contributed by atoms with van der Waals surface area (Å²) in [6, 6.07) is 13.4. The van der Waals surface area contributed by atoms with Gasteiger partial charge in [0.1, 0.15) is 10.8 Å². The normalized spacial score (nSPS) is 14.8. The van der Waals surface area contributed by atoms with Gasteiger partial charge in [-0.15, -0.1) is 0 Å². The lowest BCUT2D eigenvalue weighted by atomic mass is 10.1. The standard InChI is InChI=1S/C21H25Cl2N3O2/c1-25-10-12-26(13-11-25)18-7-3-2-5-16(18)15-24-20(27)9-14-28-19-8-4-6-17(22)21(19)23/h2-8H,9-15H2,1H3,(H,24,27). The highest BCUT2D eigenvalue weighted by molar-refractivity contribution is 6.42. The number of carbonyl (C=O) groups excluding carboxylic acids is 1. The van der Waals surface area contributed by atoms with E-state index in [1.165, 1.54) is 5.69 Å². The number of para-hydroxylation sites is 1. The second-order valence-corrected chi connectivity index (χ2v) is 7.63. The molecule has 1 heterocycles. The van der Waals surface area contributed by atoms with Gasteiger partial charge in [0, 0.05) is 38.4 Å². The lowest BCUT2D eigenvalue weighted by Gasteiger charge is -2.35. The Hall–Kier alpha value is -1.95. The minimum absolute atomic E-state index is 0.0636. The highest BCUT2D eigenvalue weighted by Crippen LogP contribution is 2.31. The first-order valence-corrected chi connectivity index (χ1v) is 10.1. The molecule has 0 bridgehead atoms. The molecular formula is C21H25Cl2N3O2. The van der Waals surface area contributed by atoms with E-state index in [9.17, 15) is 4.79 Å². The summed E-state index contributed by atoms with van der Waals surface area (Å²) >= 11 is 12.0. The SMILES string of the molecule is CN1CCN(c2ccccc2CNC(=O)CCOc2cccc(Cl)c2Cl)CC1. The predicted molar refractivity (Wildman–Crippen MR) is 115 cm³/mol. The van der Waals surface area contributed by atoms with E-state index in [-0.39, 0.29) is 18.9 Å². The van der Waals surface area contributed by atoms with Crippen LogP contribution in [0.25, 0.3) is 0 Å². The van der Waals surface area contributed by atoms with Crippen molar-refractivity contribution in [3.8, 4) is 5.75 Å². The molecule has 7 heteroatoms. The molecule has 0 radical (unpaired) electrons. The number of nitrogens with one attached hydrogen (secondary N) is 1. The summed E-state index contributed by atoms with van der Waals surface area (Å²) in [4.78, 5) is 16.9. The number of benzene rings is 2. The van der Waals surface area contributed by atoms with Crippen molar-refractivity contribution in [2.75, 3.05) is 44.7 Å². The van der Waals surface area contributed by atoms with E-state index in [1.807, 2.05) is 12.1 Å². The molecule has 2 aromatic rings. The van der Waals surface area contributed by atoms with Gasteiger partial charge in [-0.25, -0.2) is 0 Å². The van der Waals surface area contributed by atoms with Gasteiger partial charge < -0.3 is 19.9 Å². The topological polar surface area (TPSA) is 44.8 Å². The molecule has 0 unspecified atom stereocenters. The zero-order valence-electron chi connectivity index (χ0n) is 16.0. The summed E-state index contributed by atoms with van der Waals surface area (Å²) in [5, 5.41) is 3.79. The lowest BCUT2D eigenvalue weighted by Crippen LogP contribution is -2.45. The molecule has 1 aliphatic rings. The van der Waals surface area contributed by atoms with Crippen molar-refractivity contribution in [2.24, 2.45) is 0 Å². The molecule has 150 valence electrons. The summed E-state index contributed by atoms with van der Waals surface area (Å²) in [6.07, 6.45) is 0.250. The third-order valence-electron chi connectivity index (χ3n) is 4.81. The van der Waals surface area contributed by atoms with E-state index in [0.29, 0.717) is 22.3 Å². The van der Waals surface area contributed by atoms with E-state index in [2.05, 4.69) is 34.3 Å². The first kappa shape index (κ1) is 20.8. The highest BCUT2D eigenvalue weighted by atomic mass is 35.5. The monoisotopic (exact) mass is 421 g/mol. The van der Waals surface area contributed by atoms with Gasteiger partial charge in [-0.2, -0.15) is 0 Å². The molecule has 1 amide bonds. The van der Waals surface area contributed by atoms with Gasteiger partial charge in [-0.05, 0) is 30.8 Å². The Bertz CT molecular complexity index is 808. The van der Waals surface area contributed by atoms with Gasteiger partial charge in [0.05, 0.1) is 18.1 Å². The summed E-state index contributed by atoms with van der Waals surface area (Å²) in [5.74, 6) is 0.425. The molecule has 28 heavy (non-hydrogen) atoms. The van der Waals surface area contributed by atoms with Crippen LogP contribution < -0.4 is 15.0 Å². The third-order valence-corrected chi connectivity index (χ3v) is 5.62. The average molecular weight is 422 g/mol. The van der Waals surface area contributed by atoms with Crippen molar-refractivity contribution in [1.29, 1.82) is 0 Å². The molecule has 3 rings (SSSR count). The van der Waals surface area contributed by atoms with Crippen LogP contribution in [0.2, 0.25) is 10.0 Å². The van der Waals surface area contributed by atoms with Crippen molar-refractivity contribution < 1.29 is 9.53 Å². The molecule has 0 aromatic heterocycles. The van der Waals surface area contributed by atoms with Crippen LogP contribution in [-0.2, 0) is 11.3 Å². The Morgan fingerprint density at radius 1 is 1.07 bits per heavy atom. The quantitative estimate of drug-likeness (QED) is 0.737. The first-order chi connectivity index (χ1) is 13.5. The maximum Gasteiger partial charge on any atom is 0.223 e. The minimum atomic E-state index is -0.0636. The third kappa shape index (κ3) is 5.53. The number of hydrogen-bond acceptors (Lipinski definition) is 4. The maximum atomic E-state index is 12.2. The summed E-state index contributed by atoms with van der Waals surface area (Å²) < 4.78 is 5.58. The van der Waals surface area contributed by atoms with Crippen LogP contribution in [0.3, 0.4) is 0 Å². The molecule has 0 aliphatic carbocycles. The van der Waals surface area contributed by atoms with Crippen LogP contribution in [0, 0.1) is 0 Å². The lowest BCUT2D eigenvalue weighted by molar-refractivity contribution is -0.121. The van der Waals surface area contributed by atoms with Gasteiger partial charge in [-0.3, -0.25) is 4.79 Å². The number of rotatable bonds is 7. The van der Waals surface area contributed by atoms with Gasteiger partial charge in [0.2, 0.25) is 5.91 Å². The second-order valence-electron chi connectivity index (χ2n) is 6.85. The van der Waals surface area contributed by atoms with E-state index in [0.717, 1.165) is 31.7 Å². The number of carbonyl (C=O) groups is 1. The fourth-order valence-electron chi connectivity index (χ4n) is 3.15. The fraction of sp³-hybridized carbons (Fsp3) is 0.381. The van der Waals surface area contributed by atoms with Gasteiger partial charge in [-0.1, -0.05) is 47.5 Å². The number of likely N-dealkylation sites (N-methyl/N-ethyl adjacent to an activating group) is 1. The van der Waals surface area contributed by atoms with Crippen molar-refractivity contribution in [2.45, 2.75) is 13.0 Å². The Balaban J connectivity index is 1.49. The van der Waals surface area contributed by atoms with Crippen molar-refractivity contribution >= 4 is 34.8 Å². The molecule has 1 fully saturated rings. The minimum Gasteiger partial charge on any atom is -0.491 e. The number of nitrogens with zero attached hydrogens (tertiary/aromatic N) is 2. The van der Waals surface area contributed by atoms with Crippen LogP contribution in [0.4, 0.5) is 5.69 Å². The first-order valence-electron chi connectivity index (χ1n) is 9.39. The molecule has 5 nitrogen and oxygen atoms in total. The highest BCUT2D eigenvalue weighted by Gasteiger charge is 2.17. The number of anilines is 1. The Kier molecular flexibility index (Phi) is 7.43. The Morgan fingerprint density at radius 2 is 1.82 bits per heavy atom. The van der Waals surface area contributed by atoms with Gasteiger partial charge in [0.25, 0.3) is 0 Å². The summed E-state index contributed by atoms with van der Waals surface area (Å²) in [6.45, 7) is 4.82. The van der Waals surface area contributed by atoms with Crippen LogP contribution in [0.5, 0.6) is 5.75 Å². The predicted octanol–water partition coefficient (Wildman–Crippen LogP) is 3.83. The number of piperazine rings is 1. The van der Waals surface area contributed by atoms with E-state index >= 15 is 0 Å². The van der Waals surface area contributed by atoms with Crippen LogP contribution in [-0.4, -0.2) is 50.6 Å². The average Bonchev–Trinajstić information content (AvgIpc) is 2.70. The van der Waals surface area contributed by atoms with Gasteiger partial charge >= 0.3 is 0 Å². The number of ether oxygens (including phenoxy) is 1. The largest absolute Gasteiger partial charge is 0.491 e. The van der Waals surface area contributed by atoms with Crippen molar-refractivity contribution in [3.63, 3.8) is 0 Å². The zero-order chi connectivity index (χ0) is 19.9. The fourth-order valence-corrected chi connectivity index (χ4v) is 3.49. The molecule has 0 atom stereocenters. The Labute approximate surface area is 176 Å². The number of hydrogen-bond donors (Lipinski definition) is 1. The smallest absolute Gasteiger partial charge is 0.223 e. The molecule has 0 saturated carbocycles. The van der Waals surface area contributed by atoms with E-state index in [4.69, 9.17) is 27.9 Å². The molecular weight excluding hydrogens is 397 g/mol. The van der Waals surface area contributed by atoms with Crippen molar-refractivity contribution in [3.05, 3.63) is 58.1 Å². The number of halogens is 2. The van der Waals surface area contributed by atoms with Crippen LogP contribution in [0.1, 0.15) is 12.0 Å². The second kappa shape index (κ2) is 10.0. The molecule has 2 aromatic carbocycles. The molecule has 0 spiro atoms. The number of amides is 1. The van der Waals surface area contributed by atoms with Crippen molar-refractivity contribution in [1.82, 2.24) is 10.2 Å². The molecule has 1 aliphatic heterocycles. The maximum absolute atomic E-state index is 12.2. The molecule has 1 N–H and O–H groups in total. The zero-order valence-corrected chi connectivity index (χ0v) is 17.5. The van der Waals surface area contributed by atoms with Crippen LogP contribution in [0.15, 0.2) is 42.5 Å². The Morgan fingerprint density at radius 3 is 2.61 bits per heavy atom. The van der Waals surface area contributed by atoms with Gasteiger partial charge in [0.15, 0.2) is 0 Å².